The monoisotopic (exact) mass is 355 g/mol. The summed E-state index contributed by atoms with van der Waals surface area (Å²) in [7, 11) is 0. The number of likely N-dealkylation sites (tertiary alicyclic amines) is 1. The van der Waals surface area contributed by atoms with E-state index in [1.807, 2.05) is 31.2 Å². The predicted octanol–water partition coefficient (Wildman–Crippen LogP) is 2.70. The molecule has 1 aromatic heterocycles. The first kappa shape index (κ1) is 16.9. The van der Waals surface area contributed by atoms with Crippen LogP contribution in [0.15, 0.2) is 24.3 Å². The van der Waals surface area contributed by atoms with Crippen LogP contribution in [0.1, 0.15) is 43.1 Å². The molecule has 1 atom stereocenters. The summed E-state index contributed by atoms with van der Waals surface area (Å²) in [6, 6.07) is 8.02. The lowest BCUT2D eigenvalue weighted by atomic mass is 9.97. The summed E-state index contributed by atoms with van der Waals surface area (Å²) in [5, 5.41) is 4.05. The highest BCUT2D eigenvalue weighted by atomic mass is 16.5. The third-order valence-electron chi connectivity index (χ3n) is 5.14. The highest BCUT2D eigenvalue weighted by Crippen LogP contribution is 2.25. The minimum absolute atomic E-state index is 0.0388. The molecule has 0 radical (unpaired) electrons. The van der Waals surface area contributed by atoms with Gasteiger partial charge in [-0.05, 0) is 50.8 Å². The van der Waals surface area contributed by atoms with Crippen molar-refractivity contribution in [3.8, 4) is 5.75 Å². The summed E-state index contributed by atoms with van der Waals surface area (Å²) < 4.78 is 5.52. The van der Waals surface area contributed by atoms with Crippen LogP contribution < -0.4 is 10.1 Å². The van der Waals surface area contributed by atoms with Gasteiger partial charge in [-0.3, -0.25) is 9.59 Å². The van der Waals surface area contributed by atoms with E-state index in [4.69, 9.17) is 4.74 Å². The second-order valence-corrected chi connectivity index (χ2v) is 7.24. The summed E-state index contributed by atoms with van der Waals surface area (Å²) >= 11 is 0. The van der Waals surface area contributed by atoms with E-state index in [-0.39, 0.29) is 17.7 Å². The Kier molecular flexibility index (Phi) is 4.57. The average molecular weight is 355 g/mol. The molecular weight excluding hydrogens is 330 g/mol. The Hall–Kier alpha value is -2.50. The number of fused-ring (bicyclic) bond motifs is 1. The topological polar surface area (TPSA) is 74.4 Å². The summed E-state index contributed by atoms with van der Waals surface area (Å²) in [6.07, 6.45) is 3.88. The fraction of sp³-hybridized carbons (Fsp3) is 0.500. The minimum Gasteiger partial charge on any atom is -0.494 e. The van der Waals surface area contributed by atoms with E-state index in [2.05, 4.69) is 10.3 Å². The van der Waals surface area contributed by atoms with Crippen molar-refractivity contribution in [2.75, 3.05) is 19.7 Å². The Morgan fingerprint density at radius 2 is 2.12 bits per heavy atom. The van der Waals surface area contributed by atoms with Crippen LogP contribution in [0, 0.1) is 5.92 Å². The standard InChI is InChI=1S/C20H25N3O3/c1-2-26-16-8-5-13-10-18(22-17(13)11-16)20(25)23-9-3-4-14(12-23)19(24)21-15-6-7-15/h5,8,10-11,14-15,22H,2-4,6-7,9,12H2,1H3,(H,21,24). The zero-order valence-corrected chi connectivity index (χ0v) is 15.1. The van der Waals surface area contributed by atoms with E-state index >= 15 is 0 Å². The lowest BCUT2D eigenvalue weighted by Gasteiger charge is -2.31. The van der Waals surface area contributed by atoms with Crippen molar-refractivity contribution in [2.24, 2.45) is 5.92 Å². The van der Waals surface area contributed by atoms with E-state index in [9.17, 15) is 9.59 Å². The van der Waals surface area contributed by atoms with Gasteiger partial charge in [0.1, 0.15) is 11.4 Å². The molecule has 6 nitrogen and oxygen atoms in total. The van der Waals surface area contributed by atoms with Crippen LogP contribution in [0.2, 0.25) is 0 Å². The first-order valence-corrected chi connectivity index (χ1v) is 9.49. The van der Waals surface area contributed by atoms with Crippen LogP contribution in [0.3, 0.4) is 0 Å². The van der Waals surface area contributed by atoms with Crippen LogP contribution >= 0.6 is 0 Å². The molecule has 2 aromatic rings. The van der Waals surface area contributed by atoms with Crippen LogP contribution in [-0.2, 0) is 4.79 Å². The Bertz CT molecular complexity index is 825. The predicted molar refractivity (Wildman–Crippen MR) is 99.3 cm³/mol. The summed E-state index contributed by atoms with van der Waals surface area (Å²) in [6.45, 7) is 3.75. The maximum absolute atomic E-state index is 12.9. The summed E-state index contributed by atoms with van der Waals surface area (Å²) in [5.41, 5.74) is 1.45. The molecule has 6 heteroatoms. The van der Waals surface area contributed by atoms with Crippen molar-refractivity contribution < 1.29 is 14.3 Å². The zero-order chi connectivity index (χ0) is 18.1. The Balaban J connectivity index is 1.47. The molecule has 2 N–H and O–H groups in total. The number of carbonyl (C=O) groups excluding carboxylic acids is 2. The van der Waals surface area contributed by atoms with Gasteiger partial charge in [-0.15, -0.1) is 0 Å². The molecule has 138 valence electrons. The molecular formula is C20H25N3O3. The lowest BCUT2D eigenvalue weighted by Crippen LogP contribution is -2.46. The summed E-state index contributed by atoms with van der Waals surface area (Å²) in [4.78, 5) is 30.2. The second kappa shape index (κ2) is 7.02. The van der Waals surface area contributed by atoms with Gasteiger partial charge in [0.05, 0.1) is 12.5 Å². The molecule has 26 heavy (non-hydrogen) atoms. The fourth-order valence-electron chi connectivity index (χ4n) is 3.57. The van der Waals surface area contributed by atoms with E-state index in [1.165, 1.54) is 0 Å². The van der Waals surface area contributed by atoms with Crippen molar-refractivity contribution in [1.82, 2.24) is 15.2 Å². The van der Waals surface area contributed by atoms with Gasteiger partial charge in [0, 0.05) is 36.1 Å². The van der Waals surface area contributed by atoms with E-state index in [1.54, 1.807) is 4.90 Å². The maximum atomic E-state index is 12.9. The molecule has 2 fully saturated rings. The average Bonchev–Trinajstić information content (AvgIpc) is 3.37. The quantitative estimate of drug-likeness (QED) is 0.866. The number of nitrogens with zero attached hydrogens (tertiary/aromatic N) is 1. The molecule has 4 rings (SSSR count). The van der Waals surface area contributed by atoms with Crippen molar-refractivity contribution in [3.63, 3.8) is 0 Å². The van der Waals surface area contributed by atoms with Crippen LogP contribution in [-0.4, -0.2) is 47.4 Å². The number of amides is 2. The number of aromatic nitrogens is 1. The fourth-order valence-corrected chi connectivity index (χ4v) is 3.57. The highest BCUT2D eigenvalue weighted by molar-refractivity contribution is 5.98. The number of ether oxygens (including phenoxy) is 1. The van der Waals surface area contributed by atoms with Crippen molar-refractivity contribution >= 4 is 22.7 Å². The zero-order valence-electron chi connectivity index (χ0n) is 15.1. The van der Waals surface area contributed by atoms with E-state index < -0.39 is 0 Å². The normalized spacial score (nSPS) is 20.2. The minimum atomic E-state index is -0.0952. The number of hydrogen-bond donors (Lipinski definition) is 2. The molecule has 2 amide bonds. The van der Waals surface area contributed by atoms with Gasteiger partial charge in [0.25, 0.3) is 5.91 Å². The molecule has 1 aliphatic carbocycles. The molecule has 2 aliphatic rings. The molecule has 0 spiro atoms. The molecule has 1 aliphatic heterocycles. The molecule has 1 saturated carbocycles. The van der Waals surface area contributed by atoms with Gasteiger partial charge in [0.2, 0.25) is 5.91 Å². The Morgan fingerprint density at radius 1 is 1.27 bits per heavy atom. The van der Waals surface area contributed by atoms with Crippen LogP contribution in [0.4, 0.5) is 0 Å². The SMILES string of the molecule is CCOc1ccc2cc(C(=O)N3CCCC(C(=O)NC4CC4)C3)[nH]c2c1. The van der Waals surface area contributed by atoms with Gasteiger partial charge in [-0.1, -0.05) is 0 Å². The number of rotatable bonds is 5. The molecule has 1 saturated heterocycles. The molecule has 0 bridgehead atoms. The number of nitrogens with one attached hydrogen (secondary N) is 2. The molecule has 1 unspecified atom stereocenters. The largest absolute Gasteiger partial charge is 0.494 e. The maximum Gasteiger partial charge on any atom is 0.270 e. The third kappa shape index (κ3) is 3.54. The first-order valence-electron chi connectivity index (χ1n) is 9.49. The van der Waals surface area contributed by atoms with Gasteiger partial charge < -0.3 is 19.9 Å². The molecule has 2 heterocycles. The van der Waals surface area contributed by atoms with Crippen molar-refractivity contribution in [1.29, 1.82) is 0 Å². The number of H-pyrrole nitrogens is 1. The number of piperidine rings is 1. The van der Waals surface area contributed by atoms with E-state index in [0.29, 0.717) is 31.4 Å². The van der Waals surface area contributed by atoms with Gasteiger partial charge in [-0.2, -0.15) is 0 Å². The van der Waals surface area contributed by atoms with Gasteiger partial charge in [-0.25, -0.2) is 0 Å². The molecule has 1 aromatic carbocycles. The number of hydrogen-bond acceptors (Lipinski definition) is 3. The first-order chi connectivity index (χ1) is 12.6. The second-order valence-electron chi connectivity index (χ2n) is 7.24. The van der Waals surface area contributed by atoms with Crippen LogP contribution in [0.5, 0.6) is 5.75 Å². The number of carbonyl (C=O) groups is 2. The van der Waals surface area contributed by atoms with Gasteiger partial charge in [0.15, 0.2) is 0 Å². The van der Waals surface area contributed by atoms with Crippen LogP contribution in [0.25, 0.3) is 10.9 Å². The Morgan fingerprint density at radius 3 is 2.88 bits per heavy atom. The summed E-state index contributed by atoms with van der Waals surface area (Å²) in [5.74, 6) is 0.754. The Labute approximate surface area is 152 Å². The number of benzene rings is 1. The highest BCUT2D eigenvalue weighted by Gasteiger charge is 2.32. The smallest absolute Gasteiger partial charge is 0.270 e. The van der Waals surface area contributed by atoms with Gasteiger partial charge >= 0.3 is 0 Å². The van der Waals surface area contributed by atoms with E-state index in [0.717, 1.165) is 42.3 Å². The third-order valence-corrected chi connectivity index (χ3v) is 5.14. The van der Waals surface area contributed by atoms with Crippen molar-refractivity contribution in [3.05, 3.63) is 30.0 Å². The number of aromatic amines is 1. The lowest BCUT2D eigenvalue weighted by molar-refractivity contribution is -0.126. The van der Waals surface area contributed by atoms with Crippen molar-refractivity contribution in [2.45, 2.75) is 38.6 Å².